The third-order valence-electron chi connectivity index (χ3n) is 4.03. The molecule has 1 aliphatic carbocycles. The Balaban J connectivity index is 1.70. The molecule has 0 radical (unpaired) electrons. The Morgan fingerprint density at radius 1 is 1.33 bits per heavy atom. The molecule has 1 N–H and O–H groups in total. The molecule has 0 aromatic carbocycles. The normalized spacial score (nSPS) is 27.2. The van der Waals surface area contributed by atoms with Gasteiger partial charge in [0, 0.05) is 12.8 Å². The Morgan fingerprint density at radius 3 is 2.78 bits per heavy atom. The zero-order chi connectivity index (χ0) is 12.6. The first-order valence-corrected chi connectivity index (χ1v) is 7.05. The number of nitrogens with zero attached hydrogens (tertiary/aromatic N) is 1. The lowest BCUT2D eigenvalue weighted by Crippen LogP contribution is -2.32. The Morgan fingerprint density at radius 2 is 2.11 bits per heavy atom. The highest BCUT2D eigenvalue weighted by molar-refractivity contribution is 5.15. The summed E-state index contributed by atoms with van der Waals surface area (Å²) in [6, 6.07) is 2.11. The van der Waals surface area contributed by atoms with Crippen LogP contribution in [0.4, 0.5) is 0 Å². The fraction of sp³-hybridized carbons (Fsp3) is 0.786. The number of H-pyrrole nitrogens is 1. The highest BCUT2D eigenvalue weighted by Gasteiger charge is 2.43. The van der Waals surface area contributed by atoms with Crippen molar-refractivity contribution in [2.45, 2.75) is 63.8 Å². The van der Waals surface area contributed by atoms with Gasteiger partial charge >= 0.3 is 0 Å². The van der Waals surface area contributed by atoms with Gasteiger partial charge in [-0.05, 0) is 24.8 Å². The number of rotatable bonds is 2. The van der Waals surface area contributed by atoms with Gasteiger partial charge in [-0.3, -0.25) is 5.10 Å². The minimum absolute atomic E-state index is 0.0306. The second kappa shape index (κ2) is 4.67. The highest BCUT2D eigenvalue weighted by Crippen LogP contribution is 2.42. The van der Waals surface area contributed by atoms with E-state index in [1.54, 1.807) is 0 Å². The molecular weight excluding hydrogens is 228 g/mol. The van der Waals surface area contributed by atoms with Gasteiger partial charge < -0.3 is 9.47 Å². The van der Waals surface area contributed by atoms with Gasteiger partial charge in [0.1, 0.15) is 6.10 Å². The molecular formula is C14H22N2O2. The Hall–Kier alpha value is -0.870. The van der Waals surface area contributed by atoms with E-state index >= 15 is 0 Å². The maximum absolute atomic E-state index is 6.18. The van der Waals surface area contributed by atoms with Gasteiger partial charge in [-0.25, -0.2) is 0 Å². The molecule has 3 rings (SSSR count). The van der Waals surface area contributed by atoms with Crippen LogP contribution in [0.15, 0.2) is 6.07 Å². The molecule has 100 valence electrons. The van der Waals surface area contributed by atoms with E-state index in [0.29, 0.717) is 12.5 Å². The molecule has 1 unspecified atom stereocenters. The lowest BCUT2D eigenvalue weighted by Gasteiger charge is -2.31. The quantitative estimate of drug-likeness (QED) is 0.876. The van der Waals surface area contributed by atoms with Crippen molar-refractivity contribution in [3.8, 4) is 0 Å². The number of aromatic nitrogens is 2. The minimum atomic E-state index is -0.300. The lowest BCUT2D eigenvalue weighted by molar-refractivity contribution is -0.188. The smallest absolute Gasteiger partial charge is 0.169 e. The van der Waals surface area contributed by atoms with Crippen molar-refractivity contribution in [3.05, 3.63) is 17.5 Å². The first-order chi connectivity index (χ1) is 8.69. The van der Waals surface area contributed by atoms with E-state index < -0.39 is 0 Å². The molecule has 1 saturated heterocycles. The molecule has 0 amide bonds. The molecule has 1 saturated carbocycles. The van der Waals surface area contributed by atoms with Gasteiger partial charge in [-0.2, -0.15) is 5.10 Å². The number of nitrogens with one attached hydrogen (secondary N) is 1. The summed E-state index contributed by atoms with van der Waals surface area (Å²) in [6.45, 7) is 4.95. The van der Waals surface area contributed by atoms with Crippen molar-refractivity contribution in [2.24, 2.45) is 0 Å². The second-order valence-corrected chi connectivity index (χ2v) is 5.79. The summed E-state index contributed by atoms with van der Waals surface area (Å²) >= 11 is 0. The zero-order valence-electron chi connectivity index (χ0n) is 11.2. The molecule has 2 fully saturated rings. The zero-order valence-corrected chi connectivity index (χ0v) is 11.2. The summed E-state index contributed by atoms with van der Waals surface area (Å²) in [6.07, 6.45) is 5.84. The summed E-state index contributed by atoms with van der Waals surface area (Å²) in [4.78, 5) is 0. The molecule has 1 aliphatic heterocycles. The van der Waals surface area contributed by atoms with Gasteiger partial charge in [-0.15, -0.1) is 0 Å². The van der Waals surface area contributed by atoms with Crippen molar-refractivity contribution in [3.63, 3.8) is 0 Å². The largest absolute Gasteiger partial charge is 0.347 e. The molecule has 4 nitrogen and oxygen atoms in total. The minimum Gasteiger partial charge on any atom is -0.347 e. The third kappa shape index (κ3) is 2.19. The van der Waals surface area contributed by atoms with E-state index in [-0.39, 0.29) is 11.9 Å². The van der Waals surface area contributed by atoms with Crippen LogP contribution in [0.25, 0.3) is 0 Å². The Bertz CT molecular complexity index is 408. The van der Waals surface area contributed by atoms with Crippen LogP contribution in [0.2, 0.25) is 0 Å². The van der Waals surface area contributed by atoms with Gasteiger partial charge in [0.25, 0.3) is 0 Å². The van der Waals surface area contributed by atoms with Gasteiger partial charge in [0.15, 0.2) is 5.79 Å². The second-order valence-electron chi connectivity index (χ2n) is 5.79. The van der Waals surface area contributed by atoms with Crippen LogP contribution >= 0.6 is 0 Å². The standard InChI is InChI=1S/C14H22N2O2/c1-10(2)11-8-12(16-15-11)13-9-17-14(18-13)6-4-3-5-7-14/h8,10,13H,3-7,9H2,1-2H3,(H,15,16). The first-order valence-electron chi connectivity index (χ1n) is 7.05. The van der Waals surface area contributed by atoms with Crippen molar-refractivity contribution in [1.29, 1.82) is 0 Å². The van der Waals surface area contributed by atoms with E-state index in [4.69, 9.17) is 9.47 Å². The van der Waals surface area contributed by atoms with E-state index in [0.717, 1.165) is 24.2 Å². The SMILES string of the molecule is CC(C)c1cc(C2COC3(CCCCC3)O2)[nH]n1. The van der Waals surface area contributed by atoms with E-state index in [1.807, 2.05) is 0 Å². The first kappa shape index (κ1) is 12.2. The maximum atomic E-state index is 6.18. The van der Waals surface area contributed by atoms with Gasteiger partial charge in [0.2, 0.25) is 0 Å². The van der Waals surface area contributed by atoms with Crippen LogP contribution in [0.3, 0.4) is 0 Å². The van der Waals surface area contributed by atoms with Crippen LogP contribution in [0.1, 0.15) is 69.4 Å². The molecule has 1 spiro atoms. The van der Waals surface area contributed by atoms with Crippen LogP contribution in [0.5, 0.6) is 0 Å². The van der Waals surface area contributed by atoms with Crippen molar-refractivity contribution in [1.82, 2.24) is 10.2 Å². The number of ether oxygens (including phenoxy) is 2. The van der Waals surface area contributed by atoms with Crippen molar-refractivity contribution >= 4 is 0 Å². The van der Waals surface area contributed by atoms with E-state index in [2.05, 4.69) is 30.1 Å². The lowest BCUT2D eigenvalue weighted by atomic mass is 9.94. The summed E-state index contributed by atoms with van der Waals surface area (Å²) in [5.41, 5.74) is 2.15. The van der Waals surface area contributed by atoms with Crippen LogP contribution in [-0.4, -0.2) is 22.6 Å². The average Bonchev–Trinajstić information content (AvgIpc) is 2.97. The molecule has 2 aliphatic rings. The van der Waals surface area contributed by atoms with E-state index in [9.17, 15) is 0 Å². The third-order valence-corrected chi connectivity index (χ3v) is 4.03. The van der Waals surface area contributed by atoms with Crippen molar-refractivity contribution in [2.75, 3.05) is 6.61 Å². The number of hydrogen-bond donors (Lipinski definition) is 1. The topological polar surface area (TPSA) is 47.1 Å². The van der Waals surface area contributed by atoms with Gasteiger partial charge in [-0.1, -0.05) is 20.3 Å². The van der Waals surface area contributed by atoms with Crippen LogP contribution in [-0.2, 0) is 9.47 Å². The summed E-state index contributed by atoms with van der Waals surface area (Å²) in [7, 11) is 0. The molecule has 1 aromatic rings. The van der Waals surface area contributed by atoms with Crippen molar-refractivity contribution < 1.29 is 9.47 Å². The maximum Gasteiger partial charge on any atom is 0.169 e. The number of hydrogen-bond acceptors (Lipinski definition) is 3. The summed E-state index contributed by atoms with van der Waals surface area (Å²) < 4.78 is 12.1. The fourth-order valence-electron chi connectivity index (χ4n) is 2.87. The molecule has 2 heterocycles. The predicted octanol–water partition coefficient (Wildman–Crippen LogP) is 3.28. The summed E-state index contributed by atoms with van der Waals surface area (Å²) in [5.74, 6) is 0.146. The fourth-order valence-corrected chi connectivity index (χ4v) is 2.87. The van der Waals surface area contributed by atoms with Gasteiger partial charge in [0.05, 0.1) is 18.0 Å². The molecule has 0 bridgehead atoms. The molecule has 4 heteroatoms. The Kier molecular flexibility index (Phi) is 3.16. The monoisotopic (exact) mass is 250 g/mol. The number of aromatic amines is 1. The molecule has 1 atom stereocenters. The Labute approximate surface area is 108 Å². The highest BCUT2D eigenvalue weighted by atomic mass is 16.7. The van der Waals surface area contributed by atoms with E-state index in [1.165, 1.54) is 19.3 Å². The summed E-state index contributed by atoms with van der Waals surface area (Å²) in [5, 5.41) is 7.43. The average molecular weight is 250 g/mol. The van der Waals surface area contributed by atoms with Crippen LogP contribution < -0.4 is 0 Å². The predicted molar refractivity (Wildman–Crippen MR) is 68.3 cm³/mol. The molecule has 1 aromatic heterocycles. The van der Waals surface area contributed by atoms with Crippen LogP contribution in [0, 0.1) is 0 Å². The molecule has 18 heavy (non-hydrogen) atoms.